The highest BCUT2D eigenvalue weighted by molar-refractivity contribution is 7.80. The van der Waals surface area contributed by atoms with E-state index in [9.17, 15) is 0 Å². The molecule has 0 unspecified atom stereocenters. The third kappa shape index (κ3) is 7.45. The van der Waals surface area contributed by atoms with Crippen molar-refractivity contribution in [2.75, 3.05) is 4.90 Å². The van der Waals surface area contributed by atoms with Crippen LogP contribution in [0.4, 0.5) is 17.1 Å². The van der Waals surface area contributed by atoms with Crippen molar-refractivity contribution in [2.24, 2.45) is 0 Å². The molecule has 0 saturated carbocycles. The monoisotopic (exact) mass is 669 g/mol. The van der Waals surface area contributed by atoms with Gasteiger partial charge in [0.15, 0.2) is 0 Å². The lowest BCUT2D eigenvalue weighted by atomic mass is 10.2. The summed E-state index contributed by atoms with van der Waals surface area (Å²) in [6.45, 7) is 8.63. The summed E-state index contributed by atoms with van der Waals surface area (Å²) >= 11 is 0. The highest BCUT2D eigenvalue weighted by Gasteiger charge is 2.20. The third-order valence-corrected chi connectivity index (χ3v) is 13.8. The van der Waals surface area contributed by atoms with Crippen LogP contribution in [0.1, 0.15) is 22.3 Å². The lowest BCUT2D eigenvalue weighted by molar-refractivity contribution is 1.29. The number of anilines is 3. The Labute approximate surface area is 294 Å². The van der Waals surface area contributed by atoms with Crippen LogP contribution >= 0.6 is 15.8 Å². The molecule has 7 aromatic carbocycles. The van der Waals surface area contributed by atoms with Crippen molar-refractivity contribution < 1.29 is 0 Å². The molecule has 0 heterocycles. The maximum atomic E-state index is 2.37. The van der Waals surface area contributed by atoms with Crippen molar-refractivity contribution in [1.82, 2.24) is 0 Å². The molecule has 0 bridgehead atoms. The van der Waals surface area contributed by atoms with E-state index in [1.54, 1.807) is 0 Å². The predicted octanol–water partition coefficient (Wildman–Crippen LogP) is 9.91. The second-order valence-corrected chi connectivity index (χ2v) is 17.2. The normalized spacial score (nSPS) is 11.2. The molecule has 0 aliphatic heterocycles. The molecule has 0 aromatic heterocycles. The van der Waals surface area contributed by atoms with Gasteiger partial charge >= 0.3 is 0 Å². The van der Waals surface area contributed by atoms with Crippen LogP contribution in [-0.4, -0.2) is 0 Å². The van der Waals surface area contributed by atoms with Crippen LogP contribution < -0.4 is 36.7 Å². The van der Waals surface area contributed by atoms with Crippen LogP contribution in [0.25, 0.3) is 0 Å². The van der Waals surface area contributed by atoms with E-state index >= 15 is 0 Å². The summed E-state index contributed by atoms with van der Waals surface area (Å²) < 4.78 is 0. The van der Waals surface area contributed by atoms with Gasteiger partial charge < -0.3 is 4.90 Å². The van der Waals surface area contributed by atoms with Gasteiger partial charge in [-0.1, -0.05) is 162 Å². The number of para-hydroxylation sites is 1. The van der Waals surface area contributed by atoms with E-state index in [2.05, 4.69) is 209 Å². The number of nitrogens with zero attached hydrogens (tertiary/aromatic N) is 1. The number of aryl methyl sites for hydroxylation is 4. The molecule has 0 aliphatic carbocycles. The van der Waals surface area contributed by atoms with Crippen LogP contribution in [0.5, 0.6) is 0 Å². The minimum Gasteiger partial charge on any atom is -0.311 e. The van der Waals surface area contributed by atoms with Gasteiger partial charge in [0.1, 0.15) is 0 Å². The second kappa shape index (κ2) is 14.8. The molecule has 0 spiro atoms. The molecule has 7 rings (SSSR count). The number of hydrogen-bond acceptors (Lipinski definition) is 1. The Morgan fingerprint density at radius 3 is 0.755 bits per heavy atom. The van der Waals surface area contributed by atoms with Crippen molar-refractivity contribution in [3.63, 3.8) is 0 Å². The Bertz CT molecular complexity index is 1870. The highest BCUT2D eigenvalue weighted by atomic mass is 31.1. The lowest BCUT2D eigenvalue weighted by Gasteiger charge is -2.27. The zero-order valence-electron chi connectivity index (χ0n) is 28.6. The van der Waals surface area contributed by atoms with E-state index in [0.717, 1.165) is 17.1 Å². The molecule has 0 radical (unpaired) electrons. The predicted molar refractivity (Wildman–Crippen MR) is 217 cm³/mol. The molecule has 0 amide bonds. The molecule has 0 N–H and O–H groups in total. The molecule has 3 heteroatoms. The zero-order chi connectivity index (χ0) is 33.7. The molecule has 7 aromatic rings. The third-order valence-electron chi connectivity index (χ3n) is 8.92. The van der Waals surface area contributed by atoms with Crippen LogP contribution in [0, 0.1) is 27.7 Å². The minimum atomic E-state index is -0.688. The molecule has 0 atom stereocenters. The Morgan fingerprint density at radius 2 is 0.490 bits per heavy atom. The van der Waals surface area contributed by atoms with E-state index in [0.29, 0.717) is 0 Å². The first-order valence-corrected chi connectivity index (χ1v) is 19.5. The topological polar surface area (TPSA) is 3.24 Å². The fraction of sp³-hybridized carbons (Fsp3) is 0.0870. The summed E-state index contributed by atoms with van der Waals surface area (Å²) in [4.78, 5) is 2.37. The Morgan fingerprint density at radius 1 is 0.265 bits per heavy atom. The molecule has 240 valence electrons. The van der Waals surface area contributed by atoms with E-state index in [-0.39, 0.29) is 0 Å². The summed E-state index contributed by atoms with van der Waals surface area (Å²) in [6.07, 6.45) is 0. The van der Waals surface area contributed by atoms with Gasteiger partial charge in [-0.15, -0.1) is 0 Å². The van der Waals surface area contributed by atoms with Gasteiger partial charge in [-0.05, 0) is 112 Å². The minimum absolute atomic E-state index is 0.688. The maximum Gasteiger partial charge on any atom is 0.0462 e. The molecule has 1 nitrogen and oxygen atoms in total. The van der Waals surface area contributed by atoms with Gasteiger partial charge in [0.2, 0.25) is 0 Å². The van der Waals surface area contributed by atoms with Crippen molar-refractivity contribution in [2.45, 2.75) is 27.7 Å². The first-order valence-electron chi connectivity index (χ1n) is 16.9. The van der Waals surface area contributed by atoms with Crippen molar-refractivity contribution in [3.8, 4) is 0 Å². The molecule has 49 heavy (non-hydrogen) atoms. The smallest absolute Gasteiger partial charge is 0.0462 e. The molecular weight excluding hydrogens is 628 g/mol. The van der Waals surface area contributed by atoms with Gasteiger partial charge in [0, 0.05) is 17.1 Å². The van der Waals surface area contributed by atoms with Crippen LogP contribution in [-0.2, 0) is 0 Å². The summed E-state index contributed by atoms with van der Waals surface area (Å²) in [7, 11) is -1.38. The summed E-state index contributed by atoms with van der Waals surface area (Å²) in [6, 6.07) is 65.5. The average Bonchev–Trinajstić information content (AvgIpc) is 3.13. The van der Waals surface area contributed by atoms with Gasteiger partial charge in [0.25, 0.3) is 0 Å². The van der Waals surface area contributed by atoms with E-state index in [1.807, 2.05) is 0 Å². The van der Waals surface area contributed by atoms with Gasteiger partial charge in [-0.25, -0.2) is 0 Å². The van der Waals surface area contributed by atoms with Crippen LogP contribution in [0.3, 0.4) is 0 Å². The molecule has 0 aliphatic rings. The van der Waals surface area contributed by atoms with Crippen molar-refractivity contribution in [3.05, 3.63) is 198 Å². The maximum absolute atomic E-state index is 2.37. The average molecular weight is 670 g/mol. The second-order valence-electron chi connectivity index (χ2n) is 12.7. The van der Waals surface area contributed by atoms with Crippen molar-refractivity contribution >= 4 is 64.7 Å². The summed E-state index contributed by atoms with van der Waals surface area (Å²) in [5.74, 6) is 0. The van der Waals surface area contributed by atoms with Gasteiger partial charge in [-0.3, -0.25) is 0 Å². The lowest BCUT2D eigenvalue weighted by Crippen LogP contribution is -2.21. The number of rotatable bonds is 9. The number of hydrogen-bond donors (Lipinski definition) is 0. The summed E-state index contributed by atoms with van der Waals surface area (Å²) in [5, 5.41) is 8.16. The van der Waals surface area contributed by atoms with Gasteiger partial charge in [0.05, 0.1) is 0 Å². The molecule has 0 fully saturated rings. The Hall–Kier alpha value is -4.80. The van der Waals surface area contributed by atoms with Crippen LogP contribution in [0.2, 0.25) is 0 Å². The standard InChI is InChI=1S/C46H41NP2/c1-34-10-22-41(23-11-34)48(42-24-12-35(2)13-25-42)45-30-18-39(19-31-45)47(38-8-6-5-7-9-38)40-20-32-46(33-21-40)49(43-26-14-36(3)15-27-43)44-28-16-37(4)17-29-44/h5-33H,1-4H3. The Balaban J connectivity index is 1.26. The van der Waals surface area contributed by atoms with E-state index in [1.165, 1.54) is 54.1 Å². The molecule has 0 saturated heterocycles. The first kappa shape index (κ1) is 32.7. The first-order chi connectivity index (χ1) is 23.9. The van der Waals surface area contributed by atoms with Crippen molar-refractivity contribution in [1.29, 1.82) is 0 Å². The fourth-order valence-electron chi connectivity index (χ4n) is 6.20. The number of benzene rings is 7. The van der Waals surface area contributed by atoms with Gasteiger partial charge in [-0.2, -0.15) is 0 Å². The van der Waals surface area contributed by atoms with Crippen LogP contribution in [0.15, 0.2) is 176 Å². The Kier molecular flexibility index (Phi) is 9.86. The van der Waals surface area contributed by atoms with E-state index < -0.39 is 15.8 Å². The fourth-order valence-corrected chi connectivity index (χ4v) is 10.7. The summed E-state index contributed by atoms with van der Waals surface area (Å²) in [5.41, 5.74) is 8.57. The highest BCUT2D eigenvalue weighted by Crippen LogP contribution is 2.39. The SMILES string of the molecule is Cc1ccc(P(c2ccc(C)cc2)c2ccc(N(c3ccccc3)c3ccc(P(c4ccc(C)cc4)c4ccc(C)cc4)cc3)cc2)cc1. The zero-order valence-corrected chi connectivity index (χ0v) is 30.4. The van der Waals surface area contributed by atoms with E-state index in [4.69, 9.17) is 0 Å². The quantitative estimate of drug-likeness (QED) is 0.138. The molecular formula is C46H41NP2. The largest absolute Gasteiger partial charge is 0.311 e.